The molecule has 1 aliphatic carbocycles. The SMILES string of the molecule is CC(C)(C)Sc1ccc(NC(=O)C2(N)CC2)cc1.Cl. The maximum atomic E-state index is 11.8. The Morgan fingerprint density at radius 1 is 1.26 bits per heavy atom. The van der Waals surface area contributed by atoms with E-state index in [1.165, 1.54) is 4.90 Å². The van der Waals surface area contributed by atoms with Gasteiger partial charge in [-0.1, -0.05) is 20.8 Å². The van der Waals surface area contributed by atoms with Crippen LogP contribution in [0.3, 0.4) is 0 Å². The third kappa shape index (κ3) is 4.71. The molecule has 0 spiro atoms. The quantitative estimate of drug-likeness (QED) is 0.841. The fraction of sp³-hybridized carbons (Fsp3) is 0.500. The van der Waals surface area contributed by atoms with Gasteiger partial charge in [0, 0.05) is 15.3 Å². The molecule has 1 fully saturated rings. The molecule has 106 valence electrons. The molecule has 1 saturated carbocycles. The van der Waals surface area contributed by atoms with Gasteiger partial charge in [-0.3, -0.25) is 4.79 Å². The Balaban J connectivity index is 0.00000180. The van der Waals surface area contributed by atoms with Gasteiger partial charge in [-0.25, -0.2) is 0 Å². The first-order valence-electron chi connectivity index (χ1n) is 6.18. The Morgan fingerprint density at radius 3 is 2.21 bits per heavy atom. The number of anilines is 1. The Bertz CT molecular complexity index is 450. The summed E-state index contributed by atoms with van der Waals surface area (Å²) in [7, 11) is 0. The summed E-state index contributed by atoms with van der Waals surface area (Å²) in [5.41, 5.74) is 6.04. The first-order valence-corrected chi connectivity index (χ1v) is 7.00. The second kappa shape index (κ2) is 5.73. The predicted octanol–water partition coefficient (Wildman–Crippen LogP) is 3.43. The van der Waals surface area contributed by atoms with Crippen LogP contribution in [-0.4, -0.2) is 16.2 Å². The highest BCUT2D eigenvalue weighted by molar-refractivity contribution is 8.00. The third-order valence-corrected chi connectivity index (χ3v) is 3.90. The van der Waals surface area contributed by atoms with E-state index in [-0.39, 0.29) is 23.1 Å². The lowest BCUT2D eigenvalue weighted by molar-refractivity contribution is -0.118. The van der Waals surface area contributed by atoms with Crippen molar-refractivity contribution in [1.29, 1.82) is 0 Å². The molecule has 19 heavy (non-hydrogen) atoms. The lowest BCUT2D eigenvalue weighted by Gasteiger charge is -2.17. The molecule has 0 saturated heterocycles. The summed E-state index contributed by atoms with van der Waals surface area (Å²) < 4.78 is 0.195. The molecule has 1 aliphatic rings. The summed E-state index contributed by atoms with van der Waals surface area (Å²) in [6.07, 6.45) is 1.58. The van der Waals surface area contributed by atoms with Gasteiger partial charge < -0.3 is 11.1 Å². The van der Waals surface area contributed by atoms with Crippen molar-refractivity contribution in [2.45, 2.75) is 48.8 Å². The summed E-state index contributed by atoms with van der Waals surface area (Å²) in [6, 6.07) is 7.92. The molecule has 0 aromatic heterocycles. The summed E-state index contributed by atoms with van der Waals surface area (Å²) in [6.45, 7) is 6.54. The van der Waals surface area contributed by atoms with Crippen LogP contribution >= 0.6 is 24.2 Å². The number of nitrogens with one attached hydrogen (secondary N) is 1. The van der Waals surface area contributed by atoms with E-state index in [4.69, 9.17) is 5.73 Å². The molecule has 0 bridgehead atoms. The normalized spacial score (nSPS) is 16.4. The zero-order chi connectivity index (χ0) is 13.4. The second-order valence-electron chi connectivity index (χ2n) is 5.85. The van der Waals surface area contributed by atoms with Crippen LogP contribution in [0.5, 0.6) is 0 Å². The van der Waals surface area contributed by atoms with Crippen molar-refractivity contribution in [2.24, 2.45) is 5.73 Å². The molecule has 1 aromatic rings. The summed E-state index contributed by atoms with van der Waals surface area (Å²) in [5.74, 6) is -0.0706. The van der Waals surface area contributed by atoms with Gasteiger partial charge in [-0.2, -0.15) is 0 Å². The summed E-state index contributed by atoms with van der Waals surface area (Å²) in [5, 5.41) is 2.86. The van der Waals surface area contributed by atoms with Gasteiger partial charge in [0.25, 0.3) is 0 Å². The standard InChI is InChI=1S/C14H20N2OS.ClH/c1-13(2,3)18-11-6-4-10(5-7-11)16-12(17)14(15)8-9-14;/h4-7H,8-9,15H2,1-3H3,(H,16,17);1H. The highest BCUT2D eigenvalue weighted by Crippen LogP contribution is 2.34. The smallest absolute Gasteiger partial charge is 0.244 e. The van der Waals surface area contributed by atoms with Gasteiger partial charge in [0.1, 0.15) is 0 Å². The van der Waals surface area contributed by atoms with E-state index in [1.54, 1.807) is 0 Å². The van der Waals surface area contributed by atoms with Crippen LogP contribution in [0.1, 0.15) is 33.6 Å². The van der Waals surface area contributed by atoms with Crippen LogP contribution in [0.4, 0.5) is 5.69 Å². The molecule has 1 amide bonds. The number of carbonyl (C=O) groups is 1. The first-order chi connectivity index (χ1) is 8.28. The zero-order valence-corrected chi connectivity index (χ0v) is 13.2. The van der Waals surface area contributed by atoms with Crippen LogP contribution < -0.4 is 11.1 Å². The molecule has 5 heteroatoms. The first kappa shape index (κ1) is 16.3. The molecule has 0 unspecified atom stereocenters. The van der Waals surface area contributed by atoms with Crippen LogP contribution in [-0.2, 0) is 4.79 Å². The van der Waals surface area contributed by atoms with Gasteiger partial charge in [-0.15, -0.1) is 24.2 Å². The molecule has 0 radical (unpaired) electrons. The molecule has 0 atom stereocenters. The lowest BCUT2D eigenvalue weighted by Crippen LogP contribution is -2.37. The van der Waals surface area contributed by atoms with E-state index in [1.807, 2.05) is 36.0 Å². The van der Waals surface area contributed by atoms with Crippen LogP contribution in [0.15, 0.2) is 29.2 Å². The number of hydrogen-bond acceptors (Lipinski definition) is 3. The minimum atomic E-state index is -0.612. The molecule has 0 aliphatic heterocycles. The maximum Gasteiger partial charge on any atom is 0.244 e. The molecule has 3 nitrogen and oxygen atoms in total. The maximum absolute atomic E-state index is 11.8. The Hall–Kier alpha value is -0.710. The third-order valence-electron chi connectivity index (χ3n) is 2.78. The predicted molar refractivity (Wildman–Crippen MR) is 84.1 cm³/mol. The molecular weight excluding hydrogens is 280 g/mol. The number of nitrogens with two attached hydrogens (primary N) is 1. The Kier molecular flexibility index (Phi) is 4.93. The number of amides is 1. The van der Waals surface area contributed by atoms with Gasteiger partial charge in [-0.05, 0) is 37.1 Å². The van der Waals surface area contributed by atoms with Crippen molar-refractivity contribution >= 4 is 35.8 Å². The van der Waals surface area contributed by atoms with Crippen molar-refractivity contribution in [2.75, 3.05) is 5.32 Å². The number of benzene rings is 1. The fourth-order valence-corrected chi connectivity index (χ4v) is 2.56. The van der Waals surface area contributed by atoms with Gasteiger partial charge in [0.05, 0.1) is 5.54 Å². The fourth-order valence-electron chi connectivity index (χ4n) is 1.58. The van der Waals surface area contributed by atoms with E-state index in [0.717, 1.165) is 18.5 Å². The number of thioether (sulfide) groups is 1. The van der Waals surface area contributed by atoms with Crippen molar-refractivity contribution in [1.82, 2.24) is 0 Å². The van der Waals surface area contributed by atoms with Crippen molar-refractivity contribution in [3.8, 4) is 0 Å². The molecule has 3 N–H and O–H groups in total. The minimum absolute atomic E-state index is 0. The molecule has 2 rings (SSSR count). The zero-order valence-electron chi connectivity index (χ0n) is 11.5. The summed E-state index contributed by atoms with van der Waals surface area (Å²) in [4.78, 5) is 13.0. The molecular formula is C14H21ClN2OS. The van der Waals surface area contributed by atoms with E-state index in [9.17, 15) is 4.79 Å². The summed E-state index contributed by atoms with van der Waals surface area (Å²) >= 11 is 1.81. The van der Waals surface area contributed by atoms with Gasteiger partial charge in [0.2, 0.25) is 5.91 Å². The van der Waals surface area contributed by atoms with Crippen molar-refractivity contribution < 1.29 is 4.79 Å². The van der Waals surface area contributed by atoms with E-state index in [0.29, 0.717) is 0 Å². The van der Waals surface area contributed by atoms with E-state index >= 15 is 0 Å². The Labute approximate surface area is 125 Å². The highest BCUT2D eigenvalue weighted by Gasteiger charge is 2.45. The number of hydrogen-bond donors (Lipinski definition) is 2. The van der Waals surface area contributed by atoms with Crippen LogP contribution in [0.2, 0.25) is 0 Å². The van der Waals surface area contributed by atoms with Gasteiger partial charge in [0.15, 0.2) is 0 Å². The van der Waals surface area contributed by atoms with Gasteiger partial charge >= 0.3 is 0 Å². The van der Waals surface area contributed by atoms with Crippen LogP contribution in [0, 0.1) is 0 Å². The van der Waals surface area contributed by atoms with Crippen LogP contribution in [0.25, 0.3) is 0 Å². The average molecular weight is 301 g/mol. The largest absolute Gasteiger partial charge is 0.324 e. The topological polar surface area (TPSA) is 55.1 Å². The molecule has 0 heterocycles. The van der Waals surface area contributed by atoms with E-state index in [2.05, 4.69) is 26.1 Å². The van der Waals surface area contributed by atoms with E-state index < -0.39 is 5.54 Å². The number of halogens is 1. The average Bonchev–Trinajstić information content (AvgIpc) is 2.99. The Morgan fingerprint density at radius 2 is 1.79 bits per heavy atom. The second-order valence-corrected chi connectivity index (χ2v) is 7.75. The minimum Gasteiger partial charge on any atom is -0.324 e. The number of carbonyl (C=O) groups excluding carboxylic acids is 1. The monoisotopic (exact) mass is 300 g/mol. The lowest BCUT2D eigenvalue weighted by atomic mass is 10.2. The number of rotatable bonds is 3. The van der Waals surface area contributed by atoms with Crippen molar-refractivity contribution in [3.05, 3.63) is 24.3 Å². The highest BCUT2D eigenvalue weighted by atomic mass is 35.5. The molecule has 1 aromatic carbocycles. The van der Waals surface area contributed by atoms with Crippen molar-refractivity contribution in [3.63, 3.8) is 0 Å².